The molecule has 20 heavy (non-hydrogen) atoms. The van der Waals surface area contributed by atoms with Crippen LogP contribution in [0.15, 0.2) is 0 Å². The quantitative estimate of drug-likeness (QED) is 0.811. The summed E-state index contributed by atoms with van der Waals surface area (Å²) in [5.41, 5.74) is 6.03. The van der Waals surface area contributed by atoms with Gasteiger partial charge in [-0.15, -0.1) is 0 Å². The molecule has 1 aliphatic carbocycles. The summed E-state index contributed by atoms with van der Waals surface area (Å²) in [6.07, 6.45) is 7.73. The van der Waals surface area contributed by atoms with Gasteiger partial charge in [0.2, 0.25) is 0 Å². The number of ether oxygens (including phenoxy) is 1. The number of nitrogens with two attached hydrogens (primary N) is 1. The Morgan fingerprint density at radius 2 is 1.90 bits per heavy atom. The summed E-state index contributed by atoms with van der Waals surface area (Å²) in [5.74, 6) is 0. The van der Waals surface area contributed by atoms with Crippen molar-refractivity contribution in [2.75, 3.05) is 6.54 Å². The lowest BCUT2D eigenvalue weighted by molar-refractivity contribution is 0.0461. The van der Waals surface area contributed by atoms with Crippen LogP contribution in [0, 0.1) is 5.41 Å². The predicted molar refractivity (Wildman–Crippen MR) is 82.6 cm³/mol. The van der Waals surface area contributed by atoms with Gasteiger partial charge >= 0.3 is 6.09 Å². The summed E-state index contributed by atoms with van der Waals surface area (Å²) in [6.45, 7) is 8.45. The number of carbonyl (C=O) groups is 1. The SMILES string of the molecule is CCCC(N)C1(CNC(=O)OC(C)(C)C)CCCCC1. The van der Waals surface area contributed by atoms with Gasteiger partial charge in [0.1, 0.15) is 5.60 Å². The molecule has 1 saturated carbocycles. The lowest BCUT2D eigenvalue weighted by Gasteiger charge is -2.42. The van der Waals surface area contributed by atoms with Crippen molar-refractivity contribution in [3.8, 4) is 0 Å². The molecular formula is C16H32N2O2. The summed E-state index contributed by atoms with van der Waals surface area (Å²) in [7, 11) is 0. The maximum absolute atomic E-state index is 11.8. The van der Waals surface area contributed by atoms with Gasteiger partial charge in [0.05, 0.1) is 0 Å². The number of hydrogen-bond acceptors (Lipinski definition) is 3. The van der Waals surface area contributed by atoms with Gasteiger partial charge in [-0.3, -0.25) is 0 Å². The summed E-state index contributed by atoms with van der Waals surface area (Å²) < 4.78 is 5.32. The van der Waals surface area contributed by atoms with Crippen molar-refractivity contribution >= 4 is 6.09 Å². The number of alkyl carbamates (subject to hydrolysis) is 1. The van der Waals surface area contributed by atoms with Crippen molar-refractivity contribution < 1.29 is 9.53 Å². The van der Waals surface area contributed by atoms with E-state index < -0.39 is 5.60 Å². The fourth-order valence-electron chi connectivity index (χ4n) is 3.11. The predicted octanol–water partition coefficient (Wildman–Crippen LogP) is 3.59. The zero-order chi connectivity index (χ0) is 15.2. The van der Waals surface area contributed by atoms with Crippen LogP contribution in [0.2, 0.25) is 0 Å². The van der Waals surface area contributed by atoms with Gasteiger partial charge < -0.3 is 15.8 Å². The van der Waals surface area contributed by atoms with E-state index in [1.54, 1.807) is 0 Å². The van der Waals surface area contributed by atoms with E-state index >= 15 is 0 Å². The first-order valence-corrected chi connectivity index (χ1v) is 8.01. The van der Waals surface area contributed by atoms with E-state index in [-0.39, 0.29) is 17.6 Å². The maximum atomic E-state index is 11.8. The Bertz CT molecular complexity index is 304. The molecule has 1 unspecified atom stereocenters. The van der Waals surface area contributed by atoms with Gasteiger partial charge in [0.25, 0.3) is 0 Å². The molecule has 1 aliphatic rings. The molecule has 1 amide bonds. The molecule has 1 fully saturated rings. The second kappa shape index (κ2) is 7.30. The largest absolute Gasteiger partial charge is 0.444 e. The zero-order valence-corrected chi connectivity index (χ0v) is 13.6. The molecule has 0 spiro atoms. The first-order valence-electron chi connectivity index (χ1n) is 8.01. The average Bonchev–Trinajstić information content (AvgIpc) is 2.36. The van der Waals surface area contributed by atoms with Gasteiger partial charge in [-0.1, -0.05) is 32.6 Å². The fourth-order valence-corrected chi connectivity index (χ4v) is 3.11. The van der Waals surface area contributed by atoms with Crippen LogP contribution < -0.4 is 11.1 Å². The Hall–Kier alpha value is -0.770. The summed E-state index contributed by atoms with van der Waals surface area (Å²) in [4.78, 5) is 11.8. The maximum Gasteiger partial charge on any atom is 0.407 e. The first kappa shape index (κ1) is 17.3. The first-order chi connectivity index (χ1) is 9.29. The lowest BCUT2D eigenvalue weighted by atomic mass is 9.68. The Morgan fingerprint density at radius 1 is 1.30 bits per heavy atom. The fraction of sp³-hybridized carbons (Fsp3) is 0.938. The van der Waals surface area contributed by atoms with E-state index in [9.17, 15) is 4.79 Å². The second-order valence-corrected chi connectivity index (χ2v) is 7.17. The summed E-state index contributed by atoms with van der Waals surface area (Å²) >= 11 is 0. The van der Waals surface area contributed by atoms with E-state index in [4.69, 9.17) is 10.5 Å². The summed E-state index contributed by atoms with van der Waals surface area (Å²) in [6, 6.07) is 0.169. The molecular weight excluding hydrogens is 252 g/mol. The average molecular weight is 284 g/mol. The van der Waals surface area contributed by atoms with Crippen LogP contribution >= 0.6 is 0 Å². The molecule has 1 atom stereocenters. The highest BCUT2D eigenvalue weighted by atomic mass is 16.6. The third-order valence-electron chi connectivity index (χ3n) is 4.22. The van der Waals surface area contributed by atoms with Crippen LogP contribution in [-0.2, 0) is 4.74 Å². The molecule has 0 aromatic rings. The molecule has 0 radical (unpaired) electrons. The van der Waals surface area contributed by atoms with E-state index in [2.05, 4.69) is 12.2 Å². The molecule has 0 saturated heterocycles. The molecule has 0 aromatic heterocycles. The Labute approximate surface area is 123 Å². The van der Waals surface area contributed by atoms with Gasteiger partial charge in [-0.25, -0.2) is 4.79 Å². The van der Waals surface area contributed by atoms with E-state index in [1.165, 1.54) is 19.3 Å². The van der Waals surface area contributed by atoms with E-state index in [0.29, 0.717) is 6.54 Å². The van der Waals surface area contributed by atoms with Crippen molar-refractivity contribution in [2.24, 2.45) is 11.1 Å². The molecule has 4 heteroatoms. The molecule has 118 valence electrons. The highest BCUT2D eigenvalue weighted by Gasteiger charge is 2.38. The number of hydrogen-bond donors (Lipinski definition) is 2. The molecule has 1 rings (SSSR count). The van der Waals surface area contributed by atoms with Crippen molar-refractivity contribution in [3.05, 3.63) is 0 Å². The monoisotopic (exact) mass is 284 g/mol. The van der Waals surface area contributed by atoms with Gasteiger partial charge in [-0.05, 0) is 40.0 Å². The van der Waals surface area contributed by atoms with E-state index in [1.807, 2.05) is 20.8 Å². The minimum Gasteiger partial charge on any atom is -0.444 e. The van der Waals surface area contributed by atoms with Crippen molar-refractivity contribution in [2.45, 2.75) is 84.3 Å². The molecule has 3 N–H and O–H groups in total. The minimum absolute atomic E-state index is 0.0607. The Kier molecular flexibility index (Phi) is 6.31. The van der Waals surface area contributed by atoms with Crippen LogP contribution in [-0.4, -0.2) is 24.3 Å². The second-order valence-electron chi connectivity index (χ2n) is 7.17. The molecule has 4 nitrogen and oxygen atoms in total. The molecule has 0 heterocycles. The standard InChI is InChI=1S/C16H32N2O2/c1-5-9-13(17)16(10-7-6-8-11-16)12-18-14(19)20-15(2,3)4/h13H,5-12,17H2,1-4H3,(H,18,19). The van der Waals surface area contributed by atoms with Gasteiger partial charge in [0, 0.05) is 18.0 Å². The topological polar surface area (TPSA) is 64.3 Å². The number of carbonyl (C=O) groups excluding carboxylic acids is 1. The van der Waals surface area contributed by atoms with Crippen molar-refractivity contribution in [1.82, 2.24) is 5.32 Å². The highest BCUT2D eigenvalue weighted by molar-refractivity contribution is 5.67. The van der Waals surface area contributed by atoms with Crippen LogP contribution in [0.5, 0.6) is 0 Å². The normalized spacial score (nSPS) is 20.2. The van der Waals surface area contributed by atoms with Crippen LogP contribution in [0.4, 0.5) is 4.79 Å². The highest BCUT2D eigenvalue weighted by Crippen LogP contribution is 2.39. The number of nitrogens with one attached hydrogen (secondary N) is 1. The zero-order valence-electron chi connectivity index (χ0n) is 13.6. The lowest BCUT2D eigenvalue weighted by Crippen LogP contribution is -2.51. The Balaban J connectivity index is 2.59. The molecule has 0 aliphatic heterocycles. The van der Waals surface area contributed by atoms with Crippen LogP contribution in [0.3, 0.4) is 0 Å². The smallest absolute Gasteiger partial charge is 0.407 e. The number of rotatable bonds is 5. The third kappa shape index (κ3) is 5.31. The number of amides is 1. The van der Waals surface area contributed by atoms with Crippen molar-refractivity contribution in [1.29, 1.82) is 0 Å². The van der Waals surface area contributed by atoms with Crippen molar-refractivity contribution in [3.63, 3.8) is 0 Å². The minimum atomic E-state index is -0.449. The van der Waals surface area contributed by atoms with Crippen LogP contribution in [0.1, 0.15) is 72.6 Å². The molecule has 0 aromatic carbocycles. The molecule has 0 bridgehead atoms. The van der Waals surface area contributed by atoms with Crippen LogP contribution in [0.25, 0.3) is 0 Å². The van der Waals surface area contributed by atoms with Gasteiger partial charge in [0.15, 0.2) is 0 Å². The Morgan fingerprint density at radius 3 is 2.40 bits per heavy atom. The van der Waals surface area contributed by atoms with E-state index in [0.717, 1.165) is 25.7 Å². The third-order valence-corrected chi connectivity index (χ3v) is 4.22. The van der Waals surface area contributed by atoms with Gasteiger partial charge in [-0.2, -0.15) is 0 Å². The summed E-state index contributed by atoms with van der Waals surface area (Å²) in [5, 5.41) is 2.95.